The lowest BCUT2D eigenvalue weighted by molar-refractivity contribution is -0.137. The molecule has 198 valence electrons. The molecule has 0 aliphatic heterocycles. The molecule has 1 aromatic heterocycles. The molecule has 0 fully saturated rings. The first-order chi connectivity index (χ1) is 17.9. The first-order valence-corrected chi connectivity index (χ1v) is 13.1. The molecule has 0 bridgehead atoms. The fourth-order valence-electron chi connectivity index (χ4n) is 3.52. The van der Waals surface area contributed by atoms with Gasteiger partial charge in [-0.25, -0.2) is 0 Å². The van der Waals surface area contributed by atoms with Gasteiger partial charge in [0, 0.05) is 12.1 Å². The summed E-state index contributed by atoms with van der Waals surface area (Å²) in [5, 5.41) is 0.485. The first kappa shape index (κ1) is 27.6. The van der Waals surface area contributed by atoms with Gasteiger partial charge in [0.25, 0.3) is 5.91 Å². The molecular formula is C26H18Cl2F3NO5S. The second kappa shape index (κ2) is 11.1. The zero-order valence-corrected chi connectivity index (χ0v) is 21.6. The van der Waals surface area contributed by atoms with Crippen LogP contribution in [0.2, 0.25) is 10.0 Å². The lowest BCUT2D eigenvalue weighted by atomic mass is 10.1. The smallest absolute Gasteiger partial charge is 0.416 e. The predicted octanol–water partition coefficient (Wildman–Crippen LogP) is 7.22. The van der Waals surface area contributed by atoms with Crippen LogP contribution in [0.15, 0.2) is 94.4 Å². The van der Waals surface area contributed by atoms with Crippen molar-refractivity contribution < 1.29 is 35.0 Å². The quantitative estimate of drug-likeness (QED) is 0.205. The molecule has 0 aliphatic rings. The molecule has 0 spiro atoms. The monoisotopic (exact) mass is 583 g/mol. The Labute approximate surface area is 226 Å². The molecule has 4 rings (SSSR count). The molecule has 0 saturated carbocycles. The molecule has 38 heavy (non-hydrogen) atoms. The van der Waals surface area contributed by atoms with E-state index in [1.807, 2.05) is 0 Å². The summed E-state index contributed by atoms with van der Waals surface area (Å²) in [5.74, 6) is -0.0411. The van der Waals surface area contributed by atoms with E-state index in [1.165, 1.54) is 47.6 Å². The average Bonchev–Trinajstić information content (AvgIpc) is 3.38. The third-order valence-electron chi connectivity index (χ3n) is 5.31. The zero-order chi connectivity index (χ0) is 27.5. The van der Waals surface area contributed by atoms with Crippen LogP contribution in [-0.2, 0) is 29.4 Å². The van der Waals surface area contributed by atoms with E-state index in [4.69, 9.17) is 31.8 Å². The molecule has 3 aromatic carbocycles. The molecule has 0 aliphatic carbocycles. The van der Waals surface area contributed by atoms with Crippen molar-refractivity contribution in [3.05, 3.63) is 118 Å². The molecule has 0 unspecified atom stereocenters. The van der Waals surface area contributed by atoms with E-state index in [2.05, 4.69) is 0 Å². The Bertz CT molecular complexity index is 1560. The summed E-state index contributed by atoms with van der Waals surface area (Å²) < 4.78 is 75.0. The molecule has 4 aromatic rings. The number of hydrogen-bond donors (Lipinski definition) is 0. The van der Waals surface area contributed by atoms with Crippen LogP contribution in [-0.4, -0.2) is 19.2 Å². The van der Waals surface area contributed by atoms with Crippen LogP contribution < -0.4 is 4.18 Å². The highest BCUT2D eigenvalue weighted by molar-refractivity contribution is 7.87. The van der Waals surface area contributed by atoms with E-state index in [9.17, 15) is 26.4 Å². The molecule has 0 radical (unpaired) electrons. The van der Waals surface area contributed by atoms with Crippen molar-refractivity contribution >= 4 is 39.2 Å². The van der Waals surface area contributed by atoms with E-state index >= 15 is 0 Å². The summed E-state index contributed by atoms with van der Waals surface area (Å²) in [5.41, 5.74) is -0.363. The maximum absolute atomic E-state index is 13.3. The Balaban J connectivity index is 1.59. The molecule has 1 heterocycles. The van der Waals surface area contributed by atoms with Crippen LogP contribution >= 0.6 is 23.2 Å². The highest BCUT2D eigenvalue weighted by atomic mass is 35.5. The predicted molar refractivity (Wildman–Crippen MR) is 134 cm³/mol. The summed E-state index contributed by atoms with van der Waals surface area (Å²) in [6, 6.07) is 16.9. The average molecular weight is 584 g/mol. The first-order valence-electron chi connectivity index (χ1n) is 10.9. The summed E-state index contributed by atoms with van der Waals surface area (Å²) in [4.78, 5) is 14.1. The molecule has 12 heteroatoms. The number of carbonyl (C=O) groups is 1. The number of hydrogen-bond acceptors (Lipinski definition) is 5. The lowest BCUT2D eigenvalue weighted by Crippen LogP contribution is -2.30. The number of amides is 1. The fraction of sp³-hybridized carbons (Fsp3) is 0.115. The maximum atomic E-state index is 13.3. The fourth-order valence-corrected chi connectivity index (χ4v) is 4.79. The van der Waals surface area contributed by atoms with Crippen LogP contribution in [0.5, 0.6) is 5.75 Å². The summed E-state index contributed by atoms with van der Waals surface area (Å²) >= 11 is 12.0. The number of alkyl halides is 3. The van der Waals surface area contributed by atoms with Gasteiger partial charge in [-0.3, -0.25) is 4.79 Å². The van der Waals surface area contributed by atoms with Crippen molar-refractivity contribution in [1.82, 2.24) is 4.90 Å². The van der Waals surface area contributed by atoms with Gasteiger partial charge in [0.1, 0.15) is 16.4 Å². The van der Waals surface area contributed by atoms with Gasteiger partial charge in [-0.05, 0) is 66.2 Å². The van der Waals surface area contributed by atoms with E-state index in [0.717, 1.165) is 18.2 Å². The van der Waals surface area contributed by atoms with Crippen LogP contribution in [0.3, 0.4) is 0 Å². The van der Waals surface area contributed by atoms with E-state index in [1.54, 1.807) is 18.2 Å². The number of nitrogens with zero attached hydrogens (tertiary/aromatic N) is 1. The number of halogens is 5. The van der Waals surface area contributed by atoms with Gasteiger partial charge in [0.05, 0.1) is 28.4 Å². The molecule has 0 atom stereocenters. The number of furan rings is 1. The third kappa shape index (κ3) is 6.69. The third-order valence-corrected chi connectivity index (χ3v) is 7.29. The summed E-state index contributed by atoms with van der Waals surface area (Å²) in [6.07, 6.45) is -3.26. The van der Waals surface area contributed by atoms with Crippen molar-refractivity contribution in [2.45, 2.75) is 24.2 Å². The number of benzene rings is 3. The molecule has 6 nitrogen and oxygen atoms in total. The topological polar surface area (TPSA) is 76.8 Å². The highest BCUT2D eigenvalue weighted by Gasteiger charge is 2.32. The van der Waals surface area contributed by atoms with E-state index in [-0.39, 0.29) is 34.4 Å². The van der Waals surface area contributed by atoms with Crippen LogP contribution in [0.4, 0.5) is 13.2 Å². The standard InChI is InChI=1S/C26H18Cl2F3NO5S/c27-23-10-9-18(13-24(23)28)25(33)32(16-21-7-3-11-36-21)15-17-4-1-6-20(12-17)37-38(34,35)22-8-2-5-19(14-22)26(29,30)31/h1-14H,15-16H2. The van der Waals surface area contributed by atoms with Gasteiger partial charge < -0.3 is 13.5 Å². The van der Waals surface area contributed by atoms with E-state index in [0.29, 0.717) is 17.4 Å². The van der Waals surface area contributed by atoms with Gasteiger partial charge in [-0.1, -0.05) is 41.4 Å². The second-order valence-electron chi connectivity index (χ2n) is 8.08. The normalized spacial score (nSPS) is 11.8. The molecule has 1 amide bonds. The molecule has 0 saturated heterocycles. The van der Waals surface area contributed by atoms with Crippen LogP contribution in [0.1, 0.15) is 27.2 Å². The largest absolute Gasteiger partial charge is 0.467 e. The summed E-state index contributed by atoms with van der Waals surface area (Å²) in [7, 11) is -4.57. The summed E-state index contributed by atoms with van der Waals surface area (Å²) in [6.45, 7) is 0.0975. The highest BCUT2D eigenvalue weighted by Crippen LogP contribution is 2.31. The Morgan fingerprint density at radius 3 is 2.34 bits per heavy atom. The van der Waals surface area contributed by atoms with Gasteiger partial charge in [-0.15, -0.1) is 0 Å². The molecular weight excluding hydrogens is 566 g/mol. The Morgan fingerprint density at radius 2 is 1.66 bits per heavy atom. The van der Waals surface area contributed by atoms with Gasteiger partial charge in [0.15, 0.2) is 0 Å². The van der Waals surface area contributed by atoms with Crippen LogP contribution in [0, 0.1) is 0 Å². The second-order valence-corrected chi connectivity index (χ2v) is 10.4. The SMILES string of the molecule is O=C(c1ccc(Cl)c(Cl)c1)N(Cc1cccc(OS(=O)(=O)c2cccc(C(F)(F)F)c2)c1)Cc1ccco1. The minimum absolute atomic E-state index is 0.0145. The van der Waals surface area contributed by atoms with Gasteiger partial charge >= 0.3 is 16.3 Å². The van der Waals surface area contributed by atoms with Crippen molar-refractivity contribution in [3.63, 3.8) is 0 Å². The Hall–Kier alpha value is -3.47. The maximum Gasteiger partial charge on any atom is 0.416 e. The van der Waals surface area contributed by atoms with E-state index < -0.39 is 32.7 Å². The van der Waals surface area contributed by atoms with Crippen molar-refractivity contribution in [2.24, 2.45) is 0 Å². The zero-order valence-electron chi connectivity index (χ0n) is 19.3. The van der Waals surface area contributed by atoms with Crippen molar-refractivity contribution in [2.75, 3.05) is 0 Å². The molecule has 0 N–H and O–H groups in total. The Kier molecular flexibility index (Phi) is 8.05. The Morgan fingerprint density at radius 1 is 0.895 bits per heavy atom. The van der Waals surface area contributed by atoms with Gasteiger partial charge in [-0.2, -0.15) is 21.6 Å². The number of carbonyl (C=O) groups excluding carboxylic acids is 1. The minimum atomic E-state index is -4.72. The van der Waals surface area contributed by atoms with Crippen LogP contribution in [0.25, 0.3) is 0 Å². The lowest BCUT2D eigenvalue weighted by Gasteiger charge is -2.22. The van der Waals surface area contributed by atoms with Crippen molar-refractivity contribution in [3.8, 4) is 5.75 Å². The van der Waals surface area contributed by atoms with Gasteiger partial charge in [0.2, 0.25) is 0 Å². The minimum Gasteiger partial charge on any atom is -0.467 e. The number of rotatable bonds is 8. The van der Waals surface area contributed by atoms with Crippen molar-refractivity contribution in [1.29, 1.82) is 0 Å².